The van der Waals surface area contributed by atoms with E-state index in [1.807, 2.05) is 11.9 Å². The second-order valence-electron chi connectivity index (χ2n) is 12.2. The number of nitrogens with zero attached hydrogens (tertiary/aromatic N) is 3. The molecule has 2 aliphatic rings. The first-order chi connectivity index (χ1) is 22.6. The highest BCUT2D eigenvalue weighted by atomic mass is 19.4. The number of likely N-dealkylation sites (tertiary alicyclic amines) is 1. The van der Waals surface area contributed by atoms with Gasteiger partial charge in [-0.2, -0.15) is 31.3 Å². The molecular formula is C31H34F8N6O3. The molecule has 48 heavy (non-hydrogen) atoms. The number of hydrogen-bond acceptors (Lipinski definition) is 6. The number of pyridine rings is 1. The topological polar surface area (TPSA) is 112 Å². The second kappa shape index (κ2) is 14.2. The summed E-state index contributed by atoms with van der Waals surface area (Å²) in [6.45, 7) is -0.355. The number of amides is 2. The van der Waals surface area contributed by atoms with Crippen LogP contribution in [-0.2, 0) is 23.9 Å². The quantitative estimate of drug-likeness (QED) is 0.233. The molecule has 262 valence electrons. The van der Waals surface area contributed by atoms with E-state index in [4.69, 9.17) is 4.74 Å². The lowest BCUT2D eigenvalue weighted by molar-refractivity contribution is -0.182. The standard InChI is InChI=1S/C31H34F8N6O3/c1-45-10-2-3-23(45)28(47)40-14-16-4-9-21(31(37,38)39)17(11-16)12-25-42-22-13-20(29(44-26(22)43-25)48-15-24(32)33)27(46)41-19-7-5-18(6-8-19)30(34,35)36/h4,9,11,13,18-19,23-24H,2-3,5-8,10,12,14-15H2,1H3,(H,40,47)(H,41,46)(H,42,43,44). The Morgan fingerprint density at radius 3 is 2.40 bits per heavy atom. The molecule has 2 fully saturated rings. The van der Waals surface area contributed by atoms with Gasteiger partial charge in [-0.3, -0.25) is 14.5 Å². The summed E-state index contributed by atoms with van der Waals surface area (Å²) in [4.78, 5) is 38.8. The Morgan fingerprint density at radius 1 is 1.04 bits per heavy atom. The Kier molecular flexibility index (Phi) is 10.5. The lowest BCUT2D eigenvalue weighted by atomic mass is 9.85. The van der Waals surface area contributed by atoms with Gasteiger partial charge >= 0.3 is 12.4 Å². The van der Waals surface area contributed by atoms with Crippen LogP contribution in [0.2, 0.25) is 0 Å². The summed E-state index contributed by atoms with van der Waals surface area (Å²) >= 11 is 0. The summed E-state index contributed by atoms with van der Waals surface area (Å²) in [6.07, 6.45) is -11.1. The van der Waals surface area contributed by atoms with E-state index < -0.39 is 54.7 Å². The first-order valence-corrected chi connectivity index (χ1v) is 15.4. The summed E-state index contributed by atoms with van der Waals surface area (Å²) in [5.74, 6) is -3.02. The molecule has 3 aromatic rings. The largest absolute Gasteiger partial charge is 0.471 e. The maximum absolute atomic E-state index is 14.0. The zero-order chi connectivity index (χ0) is 34.8. The number of rotatable bonds is 10. The van der Waals surface area contributed by atoms with Crippen LogP contribution in [0.15, 0.2) is 24.3 Å². The minimum atomic E-state index is -4.71. The predicted molar refractivity (Wildman–Crippen MR) is 156 cm³/mol. The van der Waals surface area contributed by atoms with E-state index in [1.54, 1.807) is 0 Å². The van der Waals surface area contributed by atoms with Crippen LogP contribution in [0, 0.1) is 5.92 Å². The van der Waals surface area contributed by atoms with E-state index in [1.165, 1.54) is 18.2 Å². The molecule has 17 heteroatoms. The van der Waals surface area contributed by atoms with Gasteiger partial charge in [0.15, 0.2) is 12.3 Å². The number of fused-ring (bicyclic) bond motifs is 1. The smallest absolute Gasteiger partial charge is 0.416 e. The number of nitrogens with one attached hydrogen (secondary N) is 3. The first kappa shape index (κ1) is 35.3. The average Bonchev–Trinajstić information content (AvgIpc) is 3.62. The van der Waals surface area contributed by atoms with Gasteiger partial charge in [0.1, 0.15) is 11.4 Å². The van der Waals surface area contributed by atoms with Crippen molar-refractivity contribution in [3.63, 3.8) is 0 Å². The summed E-state index contributed by atoms with van der Waals surface area (Å²) in [5.41, 5.74) is -0.979. The number of halogens is 8. The molecule has 2 amide bonds. The molecule has 3 heterocycles. The number of ether oxygens (including phenoxy) is 1. The van der Waals surface area contributed by atoms with Crippen molar-refractivity contribution in [1.82, 2.24) is 30.5 Å². The van der Waals surface area contributed by atoms with Crippen LogP contribution in [0.1, 0.15) is 71.4 Å². The van der Waals surface area contributed by atoms with Crippen LogP contribution in [0.4, 0.5) is 35.1 Å². The predicted octanol–water partition coefficient (Wildman–Crippen LogP) is 5.77. The Balaban J connectivity index is 1.37. The molecule has 0 spiro atoms. The zero-order valence-corrected chi connectivity index (χ0v) is 25.8. The van der Waals surface area contributed by atoms with Crippen molar-refractivity contribution in [1.29, 1.82) is 0 Å². The van der Waals surface area contributed by atoms with Gasteiger partial charge in [0, 0.05) is 19.0 Å². The molecule has 1 aliphatic heterocycles. The number of benzene rings is 1. The fourth-order valence-electron chi connectivity index (χ4n) is 6.21. The number of likely N-dealkylation sites (N-methyl/N-ethyl adjacent to an activating group) is 1. The highest BCUT2D eigenvalue weighted by Gasteiger charge is 2.42. The number of aromatic nitrogens is 3. The number of hydrogen-bond donors (Lipinski definition) is 3. The summed E-state index contributed by atoms with van der Waals surface area (Å²) in [7, 11) is 1.82. The Hall–Kier alpha value is -4.02. The number of aromatic amines is 1. The molecule has 1 aromatic carbocycles. The molecule has 0 bridgehead atoms. The van der Waals surface area contributed by atoms with Gasteiger partial charge in [-0.1, -0.05) is 12.1 Å². The fraction of sp³-hybridized carbons (Fsp3) is 0.548. The summed E-state index contributed by atoms with van der Waals surface area (Å²) in [5, 5.41) is 5.38. The molecule has 5 rings (SSSR count). The zero-order valence-electron chi connectivity index (χ0n) is 25.8. The molecule has 3 N–H and O–H groups in total. The maximum atomic E-state index is 14.0. The number of H-pyrrole nitrogens is 1. The van der Waals surface area contributed by atoms with Gasteiger partial charge in [0.05, 0.1) is 23.0 Å². The summed E-state index contributed by atoms with van der Waals surface area (Å²) in [6, 6.07) is 3.79. The van der Waals surface area contributed by atoms with Crippen molar-refractivity contribution in [2.45, 2.75) is 82.4 Å². The van der Waals surface area contributed by atoms with Crippen LogP contribution < -0.4 is 15.4 Å². The highest BCUT2D eigenvalue weighted by molar-refractivity contribution is 5.99. The Morgan fingerprint density at radius 2 is 1.77 bits per heavy atom. The first-order valence-electron chi connectivity index (χ1n) is 15.4. The van der Waals surface area contributed by atoms with E-state index in [0.29, 0.717) is 12.0 Å². The molecule has 0 radical (unpaired) electrons. The Bertz CT molecular complexity index is 1620. The van der Waals surface area contributed by atoms with Gasteiger partial charge in [-0.15, -0.1) is 0 Å². The van der Waals surface area contributed by atoms with E-state index >= 15 is 0 Å². The van der Waals surface area contributed by atoms with E-state index in [9.17, 15) is 44.7 Å². The molecule has 1 unspecified atom stereocenters. The maximum Gasteiger partial charge on any atom is 0.416 e. The van der Waals surface area contributed by atoms with Gasteiger partial charge in [0.2, 0.25) is 11.8 Å². The minimum absolute atomic E-state index is 0.00282. The Labute approximate surface area is 269 Å². The molecule has 1 saturated carbocycles. The normalized spacial score (nSPS) is 20.8. The van der Waals surface area contributed by atoms with Crippen LogP contribution >= 0.6 is 0 Å². The molecule has 1 atom stereocenters. The third-order valence-corrected chi connectivity index (χ3v) is 8.73. The second-order valence-corrected chi connectivity index (χ2v) is 12.2. The fourth-order valence-corrected chi connectivity index (χ4v) is 6.21. The third-order valence-electron chi connectivity index (χ3n) is 8.73. The average molecular weight is 691 g/mol. The van der Waals surface area contributed by atoms with Crippen molar-refractivity contribution in [3.8, 4) is 5.88 Å². The number of carbonyl (C=O) groups is 2. The van der Waals surface area contributed by atoms with Gasteiger partial charge < -0.3 is 20.4 Å². The van der Waals surface area contributed by atoms with Crippen molar-refractivity contribution in [2.24, 2.45) is 5.92 Å². The van der Waals surface area contributed by atoms with Crippen molar-refractivity contribution >= 4 is 23.0 Å². The lowest BCUT2D eigenvalue weighted by Crippen LogP contribution is -2.41. The molecular weight excluding hydrogens is 656 g/mol. The van der Waals surface area contributed by atoms with Crippen molar-refractivity contribution in [3.05, 3.63) is 52.3 Å². The van der Waals surface area contributed by atoms with E-state index in [0.717, 1.165) is 19.0 Å². The van der Waals surface area contributed by atoms with Crippen molar-refractivity contribution in [2.75, 3.05) is 20.2 Å². The number of carbonyl (C=O) groups excluding carboxylic acids is 2. The van der Waals surface area contributed by atoms with E-state index in [-0.39, 0.29) is 78.7 Å². The minimum Gasteiger partial charge on any atom is -0.471 e. The molecule has 1 aliphatic carbocycles. The van der Waals surface area contributed by atoms with Crippen molar-refractivity contribution < 1.29 is 49.4 Å². The molecule has 9 nitrogen and oxygen atoms in total. The molecule has 2 aromatic heterocycles. The van der Waals surface area contributed by atoms with Crippen LogP contribution in [0.5, 0.6) is 5.88 Å². The van der Waals surface area contributed by atoms with Gasteiger partial charge in [-0.05, 0) is 75.4 Å². The van der Waals surface area contributed by atoms with Crippen LogP contribution in [-0.4, -0.2) is 76.6 Å². The van der Waals surface area contributed by atoms with E-state index in [2.05, 4.69) is 25.6 Å². The molecule has 1 saturated heterocycles. The SMILES string of the molecule is CN1CCCC1C(=O)NCc1ccc(C(F)(F)F)c(Cc2nc3nc(OCC(F)F)c(C(=O)NC4CCC(C(F)(F)F)CC4)cc3[nH]2)c1. The number of alkyl halides is 8. The number of imidazole rings is 1. The summed E-state index contributed by atoms with van der Waals surface area (Å²) < 4.78 is 112. The highest BCUT2D eigenvalue weighted by Crippen LogP contribution is 2.38. The van der Waals surface area contributed by atoms with Crippen LogP contribution in [0.3, 0.4) is 0 Å². The van der Waals surface area contributed by atoms with Gasteiger partial charge in [-0.25, -0.2) is 13.8 Å². The monoisotopic (exact) mass is 690 g/mol. The third kappa shape index (κ3) is 8.52. The van der Waals surface area contributed by atoms with Crippen LogP contribution in [0.25, 0.3) is 11.2 Å². The van der Waals surface area contributed by atoms with Gasteiger partial charge in [0.25, 0.3) is 12.3 Å². The lowest BCUT2D eigenvalue weighted by Gasteiger charge is -2.30.